The molecule has 34 heavy (non-hydrogen) atoms. The second-order valence-corrected chi connectivity index (χ2v) is 8.67. The van der Waals surface area contributed by atoms with E-state index in [2.05, 4.69) is 23.5 Å². The van der Waals surface area contributed by atoms with Gasteiger partial charge in [-0.2, -0.15) is 0 Å². The zero-order valence-corrected chi connectivity index (χ0v) is 19.9. The number of fused-ring (bicyclic) bond motifs is 1. The van der Waals surface area contributed by atoms with Crippen LogP contribution in [-0.2, 0) is 14.3 Å². The van der Waals surface area contributed by atoms with Crippen molar-refractivity contribution in [3.05, 3.63) is 72.2 Å². The van der Waals surface area contributed by atoms with Crippen LogP contribution < -0.4 is 5.32 Å². The first-order valence-corrected chi connectivity index (χ1v) is 11.6. The van der Waals surface area contributed by atoms with Crippen LogP contribution in [0.5, 0.6) is 0 Å². The number of halogens is 1. The van der Waals surface area contributed by atoms with E-state index in [1.165, 1.54) is 31.7 Å². The van der Waals surface area contributed by atoms with Crippen molar-refractivity contribution in [2.24, 2.45) is 10.9 Å². The van der Waals surface area contributed by atoms with Gasteiger partial charge in [-0.3, -0.25) is 4.79 Å². The number of esters is 1. The van der Waals surface area contributed by atoms with E-state index < -0.39 is 12.0 Å². The van der Waals surface area contributed by atoms with Gasteiger partial charge >= 0.3 is 5.97 Å². The zero-order chi connectivity index (χ0) is 24.7. The van der Waals surface area contributed by atoms with Crippen molar-refractivity contribution in [1.29, 1.82) is 0 Å². The van der Waals surface area contributed by atoms with Gasteiger partial charge in [0.05, 0.1) is 24.7 Å². The van der Waals surface area contributed by atoms with Gasteiger partial charge < -0.3 is 15.0 Å². The highest BCUT2D eigenvalue weighted by atomic mass is 19.1. The molecule has 1 unspecified atom stereocenters. The monoisotopic (exact) mass is 467 g/mol. The maximum atomic E-state index is 13.7. The van der Waals surface area contributed by atoms with Crippen LogP contribution in [0, 0.1) is 11.7 Å². The summed E-state index contributed by atoms with van der Waals surface area (Å²) < 4.78 is 18.4. The van der Waals surface area contributed by atoms with Crippen LogP contribution in [0.4, 0.5) is 10.1 Å². The minimum absolute atomic E-state index is 0. The van der Waals surface area contributed by atoms with Crippen LogP contribution in [-0.4, -0.2) is 36.3 Å². The summed E-state index contributed by atoms with van der Waals surface area (Å²) >= 11 is 0. The molecular weight excluding hydrogens is 433 g/mol. The predicted molar refractivity (Wildman–Crippen MR) is 135 cm³/mol. The number of nitrogens with zero attached hydrogens (tertiary/aromatic N) is 2. The molecule has 1 aromatic carbocycles. The highest BCUT2D eigenvalue weighted by Crippen LogP contribution is 2.35. The molecule has 1 aliphatic heterocycles. The summed E-state index contributed by atoms with van der Waals surface area (Å²) in [4.78, 5) is 31.4. The van der Waals surface area contributed by atoms with Gasteiger partial charge in [0.1, 0.15) is 11.9 Å². The number of nitrogens with one attached hydrogen (secondary N) is 1. The first-order chi connectivity index (χ1) is 16.3. The minimum Gasteiger partial charge on any atom is -0.465 e. The summed E-state index contributed by atoms with van der Waals surface area (Å²) in [5.41, 5.74) is 2.68. The molecule has 182 valence electrons. The van der Waals surface area contributed by atoms with Gasteiger partial charge in [-0.1, -0.05) is 51.3 Å². The average Bonchev–Trinajstić information content (AvgIpc) is 2.83. The van der Waals surface area contributed by atoms with E-state index in [9.17, 15) is 14.0 Å². The standard InChI is InChI=1S/C27H32FN3O3.H2/c1-5-21(27(33)34-4)12-11-18(2)30-26(32)25(15-20-9-7-6-8-10-20)31-17-29-24-16-22(28)13-14-23(24)19(31)3;/h5,11-14,16-17,20,25H,1,3,6-10,15H2,2,4H3,(H,30,32);1H/b18-11+,21-12+;. The molecule has 6 nitrogen and oxygen atoms in total. The molecule has 3 rings (SSSR count). The molecule has 0 bridgehead atoms. The number of benzene rings is 1. The minimum atomic E-state index is -0.524. The van der Waals surface area contributed by atoms with Gasteiger partial charge in [0.2, 0.25) is 5.91 Å². The lowest BCUT2D eigenvalue weighted by molar-refractivity contribution is -0.135. The van der Waals surface area contributed by atoms with Gasteiger partial charge in [-0.25, -0.2) is 14.2 Å². The number of methoxy groups -OCH3 is 1. The zero-order valence-electron chi connectivity index (χ0n) is 19.9. The first-order valence-electron chi connectivity index (χ1n) is 11.6. The second-order valence-electron chi connectivity index (χ2n) is 8.67. The topological polar surface area (TPSA) is 71.0 Å². The van der Waals surface area contributed by atoms with Crippen LogP contribution in [0.3, 0.4) is 0 Å². The summed E-state index contributed by atoms with van der Waals surface area (Å²) in [6, 6.07) is 3.86. The van der Waals surface area contributed by atoms with Gasteiger partial charge in [0.25, 0.3) is 0 Å². The molecular formula is C27H34FN3O3. The van der Waals surface area contributed by atoms with Crippen LogP contribution in [0.2, 0.25) is 0 Å². The van der Waals surface area contributed by atoms with Crippen molar-refractivity contribution in [1.82, 2.24) is 10.2 Å². The molecule has 0 aromatic heterocycles. The summed E-state index contributed by atoms with van der Waals surface area (Å²) in [5.74, 6) is -0.634. The maximum Gasteiger partial charge on any atom is 0.337 e. The van der Waals surface area contributed by atoms with Crippen LogP contribution in [0.25, 0.3) is 5.70 Å². The number of hydrogen-bond donors (Lipinski definition) is 1. The number of allylic oxidation sites excluding steroid dienone is 3. The van der Waals surface area contributed by atoms with E-state index in [0.29, 0.717) is 35.0 Å². The SMILES string of the molecule is C=C/C(=C\C=C(/C)NC(=O)C(CC1CCCCC1)N1C=Nc2cc(F)ccc2C1=C)C(=O)OC.[HH]. The lowest BCUT2D eigenvalue weighted by Gasteiger charge is -2.36. The van der Waals surface area contributed by atoms with Crippen molar-refractivity contribution in [3.63, 3.8) is 0 Å². The Morgan fingerprint density at radius 2 is 2.06 bits per heavy atom. The van der Waals surface area contributed by atoms with Crippen molar-refractivity contribution < 1.29 is 20.1 Å². The molecule has 0 spiro atoms. The van der Waals surface area contributed by atoms with Gasteiger partial charge in [0, 0.05) is 24.5 Å². The molecule has 7 heteroatoms. The molecule has 1 aromatic rings. The van der Waals surface area contributed by atoms with Crippen LogP contribution >= 0.6 is 0 Å². The van der Waals surface area contributed by atoms with Crippen molar-refractivity contribution in [2.45, 2.75) is 51.5 Å². The Hall–Kier alpha value is -3.48. The molecule has 1 atom stereocenters. The van der Waals surface area contributed by atoms with Crippen molar-refractivity contribution >= 4 is 29.6 Å². The van der Waals surface area contributed by atoms with E-state index in [1.54, 1.807) is 36.4 Å². The predicted octanol–water partition coefficient (Wildman–Crippen LogP) is 5.66. The Bertz CT molecular complexity index is 1060. The maximum absolute atomic E-state index is 13.7. The Balaban J connectivity index is 0.00000432. The second kappa shape index (κ2) is 11.6. The lowest BCUT2D eigenvalue weighted by atomic mass is 9.84. The number of carbonyl (C=O) groups is 2. The van der Waals surface area contributed by atoms with Crippen LogP contribution in [0.1, 0.15) is 52.4 Å². The Kier molecular flexibility index (Phi) is 8.57. The van der Waals surface area contributed by atoms with E-state index in [-0.39, 0.29) is 18.7 Å². The lowest BCUT2D eigenvalue weighted by Crippen LogP contribution is -2.46. The number of aliphatic imine (C=N–C) groups is 1. The third-order valence-corrected chi connectivity index (χ3v) is 6.30. The molecule has 1 aliphatic carbocycles. The summed E-state index contributed by atoms with van der Waals surface area (Å²) in [7, 11) is 1.30. The summed E-state index contributed by atoms with van der Waals surface area (Å²) in [6.45, 7) is 9.55. The molecule has 1 fully saturated rings. The third-order valence-electron chi connectivity index (χ3n) is 6.30. The average molecular weight is 468 g/mol. The number of ether oxygens (including phenoxy) is 1. The number of hydrogen-bond acceptors (Lipinski definition) is 5. The van der Waals surface area contributed by atoms with E-state index >= 15 is 0 Å². The Morgan fingerprint density at radius 3 is 2.74 bits per heavy atom. The third kappa shape index (κ3) is 6.10. The fraction of sp³-hybridized carbons (Fsp3) is 0.370. The summed E-state index contributed by atoms with van der Waals surface area (Å²) in [6.07, 6.45) is 12.6. The van der Waals surface area contributed by atoms with Crippen LogP contribution in [0.15, 0.2) is 65.8 Å². The smallest absolute Gasteiger partial charge is 0.337 e. The highest BCUT2D eigenvalue weighted by molar-refractivity contribution is 5.94. The molecule has 0 saturated heterocycles. The molecule has 2 aliphatic rings. The Morgan fingerprint density at radius 1 is 1.32 bits per heavy atom. The number of amides is 1. The molecule has 1 heterocycles. The van der Waals surface area contributed by atoms with Gasteiger partial charge in [0.15, 0.2) is 0 Å². The quantitative estimate of drug-likeness (QED) is 0.304. The van der Waals surface area contributed by atoms with E-state index in [0.717, 1.165) is 25.7 Å². The normalized spacial score (nSPS) is 17.7. The highest BCUT2D eigenvalue weighted by Gasteiger charge is 2.32. The van der Waals surface area contributed by atoms with Crippen molar-refractivity contribution in [3.8, 4) is 0 Å². The fourth-order valence-corrected chi connectivity index (χ4v) is 4.41. The van der Waals surface area contributed by atoms with Gasteiger partial charge in [-0.15, -0.1) is 0 Å². The van der Waals surface area contributed by atoms with Gasteiger partial charge in [-0.05, 0) is 43.5 Å². The first kappa shape index (κ1) is 25.1. The molecule has 1 amide bonds. The molecule has 1 saturated carbocycles. The molecule has 0 radical (unpaired) electrons. The number of rotatable bonds is 8. The number of carbonyl (C=O) groups excluding carboxylic acids is 2. The largest absolute Gasteiger partial charge is 0.465 e. The fourth-order valence-electron chi connectivity index (χ4n) is 4.41. The van der Waals surface area contributed by atoms with Crippen molar-refractivity contribution in [2.75, 3.05) is 7.11 Å². The van der Waals surface area contributed by atoms with E-state index in [4.69, 9.17) is 4.74 Å². The van der Waals surface area contributed by atoms with E-state index in [1.807, 2.05) is 0 Å². The Labute approximate surface area is 202 Å². The summed E-state index contributed by atoms with van der Waals surface area (Å²) in [5, 5.41) is 2.94. The molecule has 1 N–H and O–H groups in total.